The quantitative estimate of drug-likeness (QED) is 0.693. The molecule has 0 atom stereocenters. The van der Waals surface area contributed by atoms with Crippen molar-refractivity contribution in [1.82, 2.24) is 14.9 Å². The van der Waals surface area contributed by atoms with E-state index in [4.69, 9.17) is 0 Å². The molecule has 3 aromatic rings. The molecule has 0 spiro atoms. The van der Waals surface area contributed by atoms with E-state index in [2.05, 4.69) is 15.6 Å². The molecule has 6 heteroatoms. The number of rotatable bonds is 4. The molecular weight excluding hydrogens is 292 g/mol. The molecule has 23 heavy (non-hydrogen) atoms. The van der Waals surface area contributed by atoms with E-state index in [0.717, 1.165) is 23.2 Å². The lowest BCUT2D eigenvalue weighted by atomic mass is 10.2. The van der Waals surface area contributed by atoms with Gasteiger partial charge in [-0.2, -0.15) is 0 Å². The number of hydrogen-bond acceptors (Lipinski definition) is 3. The van der Waals surface area contributed by atoms with Crippen molar-refractivity contribution in [3.05, 3.63) is 64.6 Å². The molecule has 3 N–H and O–H groups in total. The maximum Gasteiger partial charge on any atom is 0.334 e. The van der Waals surface area contributed by atoms with Crippen LogP contribution in [0.2, 0.25) is 0 Å². The first-order chi connectivity index (χ1) is 11.2. The van der Waals surface area contributed by atoms with E-state index >= 15 is 0 Å². The smallest absolute Gasteiger partial charge is 0.313 e. The highest BCUT2D eigenvalue weighted by atomic mass is 16.2. The monoisotopic (exact) mass is 310 g/mol. The number of imidazole rings is 1. The lowest BCUT2D eigenvalue weighted by molar-refractivity contribution is 0.253. The summed E-state index contributed by atoms with van der Waals surface area (Å²) in [6.07, 6.45) is 0. The maximum atomic E-state index is 12.4. The third-order valence-electron chi connectivity index (χ3n) is 3.58. The van der Waals surface area contributed by atoms with Crippen molar-refractivity contribution in [2.45, 2.75) is 13.5 Å². The summed E-state index contributed by atoms with van der Waals surface area (Å²) < 4.78 is 1.10. The van der Waals surface area contributed by atoms with Crippen molar-refractivity contribution in [1.29, 1.82) is 0 Å². The number of amides is 1. The third kappa shape index (κ3) is 3.17. The first-order valence-corrected chi connectivity index (χ1v) is 7.50. The van der Waals surface area contributed by atoms with Gasteiger partial charge in [0.25, 0.3) is 0 Å². The van der Waals surface area contributed by atoms with Crippen LogP contribution >= 0.6 is 0 Å². The third-order valence-corrected chi connectivity index (χ3v) is 3.58. The van der Waals surface area contributed by atoms with Crippen LogP contribution < -0.4 is 16.3 Å². The number of carbonyl (C=O) groups is 1. The Morgan fingerprint density at radius 2 is 1.87 bits per heavy atom. The average Bonchev–Trinajstić information content (AvgIpc) is 2.90. The number of H-pyrrole nitrogens is 1. The van der Waals surface area contributed by atoms with Crippen molar-refractivity contribution in [2.75, 3.05) is 11.9 Å². The number of nitrogens with zero attached hydrogens (tertiary/aromatic N) is 1. The summed E-state index contributed by atoms with van der Waals surface area (Å²) >= 11 is 0. The SMILES string of the molecule is CCNCc1ccc(NC(=O)n2c(=O)[nH]c3ccccc32)cc1. The Balaban J connectivity index is 1.81. The second kappa shape index (κ2) is 6.50. The van der Waals surface area contributed by atoms with Gasteiger partial charge in [0.1, 0.15) is 0 Å². The van der Waals surface area contributed by atoms with Gasteiger partial charge in [-0.3, -0.25) is 0 Å². The molecule has 3 rings (SSSR count). The molecule has 0 saturated carbocycles. The summed E-state index contributed by atoms with van der Waals surface area (Å²) in [5.74, 6) is 0. The Morgan fingerprint density at radius 3 is 2.61 bits per heavy atom. The minimum absolute atomic E-state index is 0.451. The predicted octanol–water partition coefficient (Wildman–Crippen LogP) is 2.52. The Kier molecular flexibility index (Phi) is 4.25. The van der Waals surface area contributed by atoms with E-state index < -0.39 is 11.7 Å². The number of para-hydroxylation sites is 2. The van der Waals surface area contributed by atoms with Gasteiger partial charge in [0, 0.05) is 12.2 Å². The van der Waals surface area contributed by atoms with E-state index in [1.807, 2.05) is 37.3 Å². The molecule has 0 aliphatic heterocycles. The van der Waals surface area contributed by atoms with Crippen LogP contribution in [0.5, 0.6) is 0 Å². The number of fused-ring (bicyclic) bond motifs is 1. The molecule has 0 fully saturated rings. The Bertz CT molecular complexity index is 877. The number of aromatic amines is 1. The van der Waals surface area contributed by atoms with Gasteiger partial charge in [0.05, 0.1) is 11.0 Å². The first-order valence-electron chi connectivity index (χ1n) is 7.50. The van der Waals surface area contributed by atoms with Crippen molar-refractivity contribution < 1.29 is 4.79 Å². The fourth-order valence-electron chi connectivity index (χ4n) is 2.41. The van der Waals surface area contributed by atoms with Crippen LogP contribution in [-0.2, 0) is 6.54 Å². The predicted molar refractivity (Wildman–Crippen MR) is 90.8 cm³/mol. The van der Waals surface area contributed by atoms with Gasteiger partial charge >= 0.3 is 11.7 Å². The highest BCUT2D eigenvalue weighted by Gasteiger charge is 2.13. The summed E-state index contributed by atoms with van der Waals surface area (Å²) in [6.45, 7) is 3.74. The average molecular weight is 310 g/mol. The van der Waals surface area contributed by atoms with Crippen LogP contribution in [0.1, 0.15) is 12.5 Å². The van der Waals surface area contributed by atoms with E-state index in [-0.39, 0.29) is 0 Å². The van der Waals surface area contributed by atoms with Crippen LogP contribution in [-0.4, -0.2) is 22.1 Å². The lowest BCUT2D eigenvalue weighted by Crippen LogP contribution is -2.29. The fraction of sp³-hybridized carbons (Fsp3) is 0.176. The Labute approximate surface area is 133 Å². The molecule has 2 aromatic carbocycles. The van der Waals surface area contributed by atoms with Crippen LogP contribution in [0, 0.1) is 0 Å². The maximum absolute atomic E-state index is 12.4. The standard InChI is InChI=1S/C17H18N4O2/c1-2-18-11-12-7-9-13(10-8-12)19-16(22)21-15-6-4-3-5-14(15)20-17(21)23/h3-10,18H,2,11H2,1H3,(H,19,22)(H,20,23). The molecule has 1 heterocycles. The normalized spacial score (nSPS) is 10.8. The molecule has 1 aromatic heterocycles. The molecule has 0 aliphatic carbocycles. The molecule has 0 bridgehead atoms. The molecule has 118 valence electrons. The van der Waals surface area contributed by atoms with Crippen LogP contribution in [0.15, 0.2) is 53.3 Å². The van der Waals surface area contributed by atoms with Crippen LogP contribution in [0.25, 0.3) is 11.0 Å². The van der Waals surface area contributed by atoms with Gasteiger partial charge in [0.2, 0.25) is 0 Å². The molecule has 1 amide bonds. The topological polar surface area (TPSA) is 78.9 Å². The number of aromatic nitrogens is 2. The van der Waals surface area contributed by atoms with Gasteiger partial charge in [-0.05, 0) is 36.4 Å². The van der Waals surface area contributed by atoms with Gasteiger partial charge in [-0.15, -0.1) is 0 Å². The zero-order chi connectivity index (χ0) is 16.2. The van der Waals surface area contributed by atoms with Crippen LogP contribution in [0.3, 0.4) is 0 Å². The van der Waals surface area contributed by atoms with Gasteiger partial charge < -0.3 is 15.6 Å². The van der Waals surface area contributed by atoms with Crippen molar-refractivity contribution in [3.63, 3.8) is 0 Å². The largest absolute Gasteiger partial charge is 0.334 e. The van der Waals surface area contributed by atoms with E-state index in [1.165, 1.54) is 0 Å². The number of benzene rings is 2. The zero-order valence-corrected chi connectivity index (χ0v) is 12.8. The minimum atomic E-state index is -0.480. The summed E-state index contributed by atoms with van der Waals surface area (Å²) in [7, 11) is 0. The number of hydrogen-bond donors (Lipinski definition) is 3. The zero-order valence-electron chi connectivity index (χ0n) is 12.8. The Hall–Kier alpha value is -2.86. The lowest BCUT2D eigenvalue weighted by Gasteiger charge is -2.07. The minimum Gasteiger partial charge on any atom is -0.313 e. The highest BCUT2D eigenvalue weighted by Crippen LogP contribution is 2.12. The second-order valence-electron chi connectivity index (χ2n) is 5.19. The summed E-state index contributed by atoms with van der Waals surface area (Å²) in [4.78, 5) is 27.0. The van der Waals surface area contributed by atoms with Gasteiger partial charge in [0.15, 0.2) is 0 Å². The fourth-order valence-corrected chi connectivity index (χ4v) is 2.41. The molecule has 0 saturated heterocycles. The summed E-state index contributed by atoms with van der Waals surface area (Å²) in [5.41, 5.74) is 2.52. The van der Waals surface area contributed by atoms with Gasteiger partial charge in [-0.25, -0.2) is 14.2 Å². The summed E-state index contributed by atoms with van der Waals surface area (Å²) in [5, 5.41) is 5.98. The molecule has 6 nitrogen and oxygen atoms in total. The van der Waals surface area contributed by atoms with Crippen molar-refractivity contribution in [3.8, 4) is 0 Å². The van der Waals surface area contributed by atoms with E-state index in [0.29, 0.717) is 16.7 Å². The van der Waals surface area contributed by atoms with Gasteiger partial charge in [-0.1, -0.05) is 31.2 Å². The molecular formula is C17H18N4O2. The van der Waals surface area contributed by atoms with Crippen molar-refractivity contribution >= 4 is 22.8 Å². The highest BCUT2D eigenvalue weighted by molar-refractivity contribution is 5.97. The summed E-state index contributed by atoms with van der Waals surface area (Å²) in [6, 6.07) is 14.1. The van der Waals surface area contributed by atoms with Crippen LogP contribution in [0.4, 0.5) is 10.5 Å². The van der Waals surface area contributed by atoms with E-state index in [1.54, 1.807) is 18.2 Å². The first kappa shape index (κ1) is 15.1. The molecule has 0 unspecified atom stereocenters. The number of anilines is 1. The Morgan fingerprint density at radius 1 is 1.13 bits per heavy atom. The number of nitrogens with one attached hydrogen (secondary N) is 3. The molecule has 0 radical (unpaired) electrons. The van der Waals surface area contributed by atoms with Crippen molar-refractivity contribution in [2.24, 2.45) is 0 Å². The van der Waals surface area contributed by atoms with E-state index in [9.17, 15) is 9.59 Å². The number of carbonyl (C=O) groups excluding carboxylic acids is 1. The second-order valence-corrected chi connectivity index (χ2v) is 5.19. The molecule has 0 aliphatic rings.